The van der Waals surface area contributed by atoms with Crippen LogP contribution in [0, 0.1) is 11.7 Å². The van der Waals surface area contributed by atoms with Gasteiger partial charge in [-0.25, -0.2) is 4.39 Å². The van der Waals surface area contributed by atoms with E-state index < -0.39 is 0 Å². The van der Waals surface area contributed by atoms with E-state index in [0.29, 0.717) is 18.0 Å². The first-order chi connectivity index (χ1) is 8.58. The molecular formula is C13H21FN2O2. The second-order valence-corrected chi connectivity index (χ2v) is 4.43. The van der Waals surface area contributed by atoms with Gasteiger partial charge in [-0.15, -0.1) is 0 Å². The molecule has 0 fully saturated rings. The zero-order chi connectivity index (χ0) is 13.5. The molecule has 0 amide bonds. The lowest BCUT2D eigenvalue weighted by Crippen LogP contribution is -2.08. The second kappa shape index (κ2) is 7.06. The molecule has 0 saturated heterocycles. The average molecular weight is 256 g/mol. The van der Waals surface area contributed by atoms with E-state index in [2.05, 4.69) is 5.32 Å². The summed E-state index contributed by atoms with van der Waals surface area (Å²) in [6.07, 6.45) is 1.77. The molecule has 0 aliphatic heterocycles. The Balaban J connectivity index is 2.51. The summed E-state index contributed by atoms with van der Waals surface area (Å²) in [6, 6.07) is 2.80. The Bertz CT molecular complexity index is 385. The Kier molecular flexibility index (Phi) is 5.71. The molecule has 0 radical (unpaired) electrons. The molecule has 1 aromatic carbocycles. The van der Waals surface area contributed by atoms with Crippen LogP contribution in [0.15, 0.2) is 12.1 Å². The molecule has 0 spiro atoms. The van der Waals surface area contributed by atoms with Crippen molar-refractivity contribution in [1.82, 2.24) is 0 Å². The normalized spacial score (nSPS) is 12.2. The standard InChI is InChI=1S/C13H21FN2O2/c1-9(8-17)4-3-5-16-12-7-13(18-2)11(15)6-10(12)14/h6-7,9,16-17H,3-5,8,15H2,1-2H3. The number of benzene rings is 1. The summed E-state index contributed by atoms with van der Waals surface area (Å²) in [5.74, 6) is 0.351. The van der Waals surface area contributed by atoms with Crippen LogP contribution in [0.5, 0.6) is 5.75 Å². The maximum atomic E-state index is 13.6. The van der Waals surface area contributed by atoms with Crippen molar-refractivity contribution in [3.05, 3.63) is 17.9 Å². The molecule has 1 rings (SSSR count). The van der Waals surface area contributed by atoms with Gasteiger partial charge in [-0.2, -0.15) is 0 Å². The first kappa shape index (κ1) is 14.6. The Morgan fingerprint density at radius 3 is 2.83 bits per heavy atom. The van der Waals surface area contributed by atoms with E-state index in [-0.39, 0.29) is 24.0 Å². The molecule has 0 bridgehead atoms. The Morgan fingerprint density at radius 1 is 1.50 bits per heavy atom. The lowest BCUT2D eigenvalue weighted by Gasteiger charge is -2.12. The molecule has 0 aliphatic carbocycles. The average Bonchev–Trinajstić information content (AvgIpc) is 2.36. The van der Waals surface area contributed by atoms with Gasteiger partial charge in [0.2, 0.25) is 0 Å². The molecule has 1 atom stereocenters. The van der Waals surface area contributed by atoms with E-state index in [4.69, 9.17) is 15.6 Å². The van der Waals surface area contributed by atoms with E-state index in [0.717, 1.165) is 12.8 Å². The number of ether oxygens (including phenoxy) is 1. The van der Waals surface area contributed by atoms with E-state index in [1.807, 2.05) is 6.92 Å². The number of anilines is 2. The molecule has 0 heterocycles. The van der Waals surface area contributed by atoms with Gasteiger partial charge in [0.15, 0.2) is 0 Å². The third-order valence-electron chi connectivity index (χ3n) is 2.82. The predicted octanol–water partition coefficient (Wildman–Crippen LogP) is 2.24. The maximum absolute atomic E-state index is 13.6. The summed E-state index contributed by atoms with van der Waals surface area (Å²) in [5.41, 5.74) is 6.27. The summed E-state index contributed by atoms with van der Waals surface area (Å²) in [7, 11) is 1.50. The number of nitrogen functional groups attached to an aromatic ring is 1. The quantitative estimate of drug-likeness (QED) is 0.517. The van der Waals surface area contributed by atoms with Gasteiger partial charge in [0, 0.05) is 25.3 Å². The van der Waals surface area contributed by atoms with Gasteiger partial charge in [0.1, 0.15) is 11.6 Å². The number of aliphatic hydroxyl groups is 1. The number of aliphatic hydroxyl groups excluding tert-OH is 1. The number of hydrogen-bond acceptors (Lipinski definition) is 4. The SMILES string of the molecule is COc1cc(NCCCC(C)CO)c(F)cc1N. The molecule has 102 valence electrons. The third kappa shape index (κ3) is 4.07. The third-order valence-corrected chi connectivity index (χ3v) is 2.82. The van der Waals surface area contributed by atoms with E-state index in [9.17, 15) is 4.39 Å². The van der Waals surface area contributed by atoms with Crippen molar-refractivity contribution in [2.24, 2.45) is 5.92 Å². The molecule has 1 aromatic rings. The van der Waals surface area contributed by atoms with Gasteiger partial charge >= 0.3 is 0 Å². The maximum Gasteiger partial charge on any atom is 0.148 e. The predicted molar refractivity (Wildman–Crippen MR) is 71.3 cm³/mol. The fourth-order valence-electron chi connectivity index (χ4n) is 1.65. The number of hydrogen-bond donors (Lipinski definition) is 3. The van der Waals surface area contributed by atoms with Crippen molar-refractivity contribution in [2.45, 2.75) is 19.8 Å². The van der Waals surface area contributed by atoms with Crippen LogP contribution in [-0.4, -0.2) is 25.4 Å². The van der Waals surface area contributed by atoms with Crippen LogP contribution in [0.3, 0.4) is 0 Å². The van der Waals surface area contributed by atoms with Crippen molar-refractivity contribution < 1.29 is 14.2 Å². The minimum Gasteiger partial charge on any atom is -0.495 e. The van der Waals surface area contributed by atoms with Crippen molar-refractivity contribution in [3.63, 3.8) is 0 Å². The Morgan fingerprint density at radius 2 is 2.22 bits per heavy atom. The molecule has 5 heteroatoms. The summed E-state index contributed by atoms with van der Waals surface area (Å²) in [6.45, 7) is 2.81. The minimum atomic E-state index is -0.386. The van der Waals surface area contributed by atoms with Crippen LogP contribution in [0.1, 0.15) is 19.8 Å². The van der Waals surface area contributed by atoms with E-state index in [1.54, 1.807) is 6.07 Å². The highest BCUT2D eigenvalue weighted by molar-refractivity contribution is 5.62. The van der Waals surface area contributed by atoms with Gasteiger partial charge in [-0.05, 0) is 18.8 Å². The first-order valence-corrected chi connectivity index (χ1v) is 6.06. The van der Waals surface area contributed by atoms with E-state index >= 15 is 0 Å². The lowest BCUT2D eigenvalue weighted by molar-refractivity contribution is 0.229. The van der Waals surface area contributed by atoms with Crippen LogP contribution >= 0.6 is 0 Å². The van der Waals surface area contributed by atoms with Crippen LogP contribution in [0.2, 0.25) is 0 Å². The summed E-state index contributed by atoms with van der Waals surface area (Å²) in [4.78, 5) is 0. The first-order valence-electron chi connectivity index (χ1n) is 6.06. The lowest BCUT2D eigenvalue weighted by atomic mass is 10.1. The van der Waals surface area contributed by atoms with Gasteiger partial charge in [0.05, 0.1) is 18.5 Å². The van der Waals surface area contributed by atoms with Crippen LogP contribution < -0.4 is 15.8 Å². The van der Waals surface area contributed by atoms with Crippen LogP contribution in [-0.2, 0) is 0 Å². The molecule has 4 N–H and O–H groups in total. The second-order valence-electron chi connectivity index (χ2n) is 4.43. The molecule has 0 saturated carbocycles. The van der Waals surface area contributed by atoms with Gasteiger partial charge < -0.3 is 20.9 Å². The molecular weight excluding hydrogens is 235 g/mol. The monoisotopic (exact) mass is 256 g/mol. The molecule has 0 aromatic heterocycles. The highest BCUT2D eigenvalue weighted by atomic mass is 19.1. The van der Waals surface area contributed by atoms with Crippen molar-refractivity contribution in [3.8, 4) is 5.75 Å². The summed E-state index contributed by atoms with van der Waals surface area (Å²) >= 11 is 0. The molecule has 18 heavy (non-hydrogen) atoms. The molecule has 4 nitrogen and oxygen atoms in total. The number of nitrogens with one attached hydrogen (secondary N) is 1. The van der Waals surface area contributed by atoms with Gasteiger partial charge in [-0.3, -0.25) is 0 Å². The molecule has 1 unspecified atom stereocenters. The van der Waals surface area contributed by atoms with Crippen molar-refractivity contribution in [2.75, 3.05) is 31.3 Å². The fourth-order valence-corrected chi connectivity index (χ4v) is 1.65. The Hall–Kier alpha value is -1.49. The zero-order valence-corrected chi connectivity index (χ0v) is 10.9. The van der Waals surface area contributed by atoms with Crippen LogP contribution in [0.25, 0.3) is 0 Å². The van der Waals surface area contributed by atoms with Crippen molar-refractivity contribution in [1.29, 1.82) is 0 Å². The minimum absolute atomic E-state index is 0.185. The number of halogens is 1. The zero-order valence-electron chi connectivity index (χ0n) is 10.9. The number of rotatable bonds is 7. The highest BCUT2D eigenvalue weighted by Crippen LogP contribution is 2.28. The Labute approximate surface area is 107 Å². The van der Waals surface area contributed by atoms with Crippen LogP contribution in [0.4, 0.5) is 15.8 Å². The van der Waals surface area contributed by atoms with Gasteiger partial charge in [0.25, 0.3) is 0 Å². The topological polar surface area (TPSA) is 67.5 Å². The smallest absolute Gasteiger partial charge is 0.148 e. The summed E-state index contributed by atoms with van der Waals surface area (Å²) in [5, 5.41) is 11.9. The largest absolute Gasteiger partial charge is 0.495 e. The fraction of sp³-hybridized carbons (Fsp3) is 0.538. The molecule has 0 aliphatic rings. The van der Waals surface area contributed by atoms with E-state index in [1.165, 1.54) is 13.2 Å². The van der Waals surface area contributed by atoms with Crippen molar-refractivity contribution >= 4 is 11.4 Å². The summed E-state index contributed by atoms with van der Waals surface area (Å²) < 4.78 is 18.6. The highest BCUT2D eigenvalue weighted by Gasteiger charge is 2.08. The number of nitrogens with two attached hydrogens (primary N) is 1. The number of methoxy groups -OCH3 is 1. The van der Waals surface area contributed by atoms with Gasteiger partial charge in [-0.1, -0.05) is 6.92 Å².